The van der Waals surface area contributed by atoms with E-state index in [-0.39, 0.29) is 19.0 Å². The van der Waals surface area contributed by atoms with Crippen molar-refractivity contribution in [3.8, 4) is 5.75 Å². The zero-order valence-corrected chi connectivity index (χ0v) is 24.1. The molecule has 4 N–H and O–H groups in total. The number of halogens is 1. The number of carbonyl (C=O) groups is 2. The third kappa shape index (κ3) is 13.0. The number of rotatable bonds is 10. The molecule has 0 radical (unpaired) electrons. The zero-order chi connectivity index (χ0) is 27.6. The van der Waals surface area contributed by atoms with Crippen molar-refractivity contribution < 1.29 is 28.9 Å². The summed E-state index contributed by atoms with van der Waals surface area (Å²) < 4.78 is 16.0. The largest absolute Gasteiger partial charge is 0.497 e. The second kappa shape index (κ2) is 14.8. The van der Waals surface area contributed by atoms with Crippen molar-refractivity contribution >= 4 is 30.3 Å². The number of ether oxygens (including phenoxy) is 3. The lowest BCUT2D eigenvalue weighted by Crippen LogP contribution is -2.49. The van der Waals surface area contributed by atoms with Gasteiger partial charge in [0.15, 0.2) is 0 Å². The molecule has 0 aromatic heterocycles. The lowest BCUT2D eigenvalue weighted by atomic mass is 10.0. The number of carbonyl (C=O) groups excluding carboxylic acids is 2. The van der Waals surface area contributed by atoms with Crippen LogP contribution in [0.15, 0.2) is 48.5 Å². The van der Waals surface area contributed by atoms with Crippen LogP contribution in [0.4, 0.5) is 15.3 Å². The van der Waals surface area contributed by atoms with Crippen LogP contribution in [-0.2, 0) is 22.4 Å². The van der Waals surface area contributed by atoms with Gasteiger partial charge < -0.3 is 30.0 Å². The Balaban J connectivity index is 0.00000722. The summed E-state index contributed by atoms with van der Waals surface area (Å²) in [6.07, 6.45) is -1.78. The van der Waals surface area contributed by atoms with Crippen molar-refractivity contribution in [1.82, 2.24) is 10.6 Å². The van der Waals surface area contributed by atoms with Gasteiger partial charge in [0.05, 0.1) is 19.3 Å². The number of nitrogens with one attached hydrogen (secondary N) is 3. The van der Waals surface area contributed by atoms with Crippen LogP contribution in [0, 0.1) is 0 Å². The first-order valence-electron chi connectivity index (χ1n) is 12.3. The van der Waals surface area contributed by atoms with Crippen molar-refractivity contribution in [1.29, 1.82) is 0 Å². The highest BCUT2D eigenvalue weighted by molar-refractivity contribution is 5.85. The van der Waals surface area contributed by atoms with Crippen LogP contribution < -0.4 is 20.7 Å². The van der Waals surface area contributed by atoms with Crippen molar-refractivity contribution in [3.05, 3.63) is 59.7 Å². The molecule has 2 rings (SSSR count). The number of hydrogen-bond acceptors (Lipinski definition) is 7. The topological polar surface area (TPSA) is 118 Å². The average Bonchev–Trinajstić information content (AvgIpc) is 2.76. The van der Waals surface area contributed by atoms with Crippen LogP contribution in [0.1, 0.15) is 52.7 Å². The van der Waals surface area contributed by atoms with Crippen molar-refractivity contribution in [3.63, 3.8) is 0 Å². The molecule has 0 saturated heterocycles. The third-order valence-corrected chi connectivity index (χ3v) is 5.01. The molecule has 9 nitrogen and oxygen atoms in total. The maximum absolute atomic E-state index is 12.5. The summed E-state index contributed by atoms with van der Waals surface area (Å²) >= 11 is 0. The van der Waals surface area contributed by atoms with Gasteiger partial charge in [0.25, 0.3) is 0 Å². The molecule has 0 unspecified atom stereocenters. The number of aliphatic hydroxyl groups is 1. The molecule has 0 bridgehead atoms. The molecule has 2 amide bonds. The molecule has 212 valence electrons. The molecule has 0 heterocycles. The minimum absolute atomic E-state index is 0. The first kappa shape index (κ1) is 33.0. The van der Waals surface area contributed by atoms with Gasteiger partial charge in [-0.2, -0.15) is 0 Å². The molecule has 2 atom stereocenters. The maximum atomic E-state index is 12.5. The molecule has 0 spiro atoms. The van der Waals surface area contributed by atoms with Gasteiger partial charge in [-0.05, 0) is 83.4 Å². The smallest absolute Gasteiger partial charge is 0.412 e. The molecule has 10 heteroatoms. The van der Waals surface area contributed by atoms with Crippen LogP contribution in [-0.4, -0.2) is 54.3 Å². The molecule has 0 aliphatic rings. The Morgan fingerprint density at radius 2 is 1.50 bits per heavy atom. The molecule has 2 aromatic rings. The molecular weight excluding hydrogens is 510 g/mol. The summed E-state index contributed by atoms with van der Waals surface area (Å²) in [6, 6.07) is 14.2. The van der Waals surface area contributed by atoms with E-state index >= 15 is 0 Å². The summed E-state index contributed by atoms with van der Waals surface area (Å²) in [6.45, 7) is 11.5. The van der Waals surface area contributed by atoms with E-state index in [2.05, 4.69) is 16.0 Å². The molecule has 0 aliphatic heterocycles. The SMILES string of the molecule is COc1cccc(CNC[C@@H](O)[C@H](Cc2cccc(NC(=O)OC(C)(C)C)c2)NC(=O)OC(C)(C)C)c1.Cl. The molecule has 2 aromatic carbocycles. The highest BCUT2D eigenvalue weighted by Crippen LogP contribution is 2.17. The van der Waals surface area contributed by atoms with E-state index in [0.717, 1.165) is 16.9 Å². The Labute approximate surface area is 232 Å². The predicted octanol–water partition coefficient (Wildman–Crippen LogP) is 5.05. The van der Waals surface area contributed by atoms with Crippen LogP contribution in [0.3, 0.4) is 0 Å². The van der Waals surface area contributed by atoms with Gasteiger partial charge >= 0.3 is 12.2 Å². The second-order valence-corrected chi connectivity index (χ2v) is 10.8. The van der Waals surface area contributed by atoms with E-state index in [9.17, 15) is 14.7 Å². The number of aliphatic hydroxyl groups excluding tert-OH is 1. The number of alkyl carbamates (subject to hydrolysis) is 1. The number of methoxy groups -OCH3 is 1. The Morgan fingerprint density at radius 3 is 2.13 bits per heavy atom. The van der Waals surface area contributed by atoms with E-state index in [1.807, 2.05) is 30.3 Å². The molecular formula is C28H42ClN3O6. The first-order chi connectivity index (χ1) is 17.2. The fourth-order valence-electron chi connectivity index (χ4n) is 3.48. The van der Waals surface area contributed by atoms with Gasteiger partial charge in [0.1, 0.15) is 17.0 Å². The minimum Gasteiger partial charge on any atom is -0.497 e. The second-order valence-electron chi connectivity index (χ2n) is 10.8. The number of hydrogen-bond donors (Lipinski definition) is 4. The minimum atomic E-state index is -0.916. The van der Waals surface area contributed by atoms with Gasteiger partial charge in [0, 0.05) is 18.8 Å². The van der Waals surface area contributed by atoms with Gasteiger partial charge in [-0.3, -0.25) is 5.32 Å². The van der Waals surface area contributed by atoms with Crippen molar-refractivity contribution in [2.45, 2.75) is 77.9 Å². The monoisotopic (exact) mass is 551 g/mol. The van der Waals surface area contributed by atoms with Gasteiger partial charge in [-0.1, -0.05) is 24.3 Å². The van der Waals surface area contributed by atoms with Crippen molar-refractivity contribution in [2.24, 2.45) is 0 Å². The lowest BCUT2D eigenvalue weighted by molar-refractivity contribution is 0.0422. The Morgan fingerprint density at radius 1 is 0.895 bits per heavy atom. The molecule has 0 saturated carbocycles. The third-order valence-electron chi connectivity index (χ3n) is 5.01. The number of benzene rings is 2. The number of amides is 2. The highest BCUT2D eigenvalue weighted by Gasteiger charge is 2.25. The summed E-state index contributed by atoms with van der Waals surface area (Å²) in [5, 5.41) is 19.7. The van der Waals surface area contributed by atoms with Crippen molar-refractivity contribution in [2.75, 3.05) is 19.0 Å². The molecule has 0 aliphatic carbocycles. The van der Waals surface area contributed by atoms with Crippen LogP contribution >= 0.6 is 12.4 Å². The normalized spacial score (nSPS) is 12.9. The molecule has 0 fully saturated rings. The van der Waals surface area contributed by atoms with Crippen LogP contribution in [0.5, 0.6) is 5.75 Å². The number of anilines is 1. The standard InChI is InChI=1S/C28H41N3O6.ClH/c1-27(2,3)36-25(33)30-21-12-8-10-19(14-21)16-23(31-26(34)37-28(4,5)6)24(32)18-29-17-20-11-9-13-22(15-20)35-7;/h8-15,23-24,29,32H,16-18H2,1-7H3,(H,30,33)(H,31,34);1H/t23-,24+;/m0./s1. The molecule has 38 heavy (non-hydrogen) atoms. The summed E-state index contributed by atoms with van der Waals surface area (Å²) in [5.74, 6) is 0.754. The highest BCUT2D eigenvalue weighted by atomic mass is 35.5. The van der Waals surface area contributed by atoms with Crippen LogP contribution in [0.2, 0.25) is 0 Å². The Bertz CT molecular complexity index is 1040. The van der Waals surface area contributed by atoms with E-state index in [1.54, 1.807) is 66.9 Å². The van der Waals surface area contributed by atoms with Gasteiger partial charge in [-0.15, -0.1) is 12.4 Å². The Kier molecular flexibility index (Phi) is 12.9. The van der Waals surface area contributed by atoms with Gasteiger partial charge in [-0.25, -0.2) is 9.59 Å². The predicted molar refractivity (Wildman–Crippen MR) is 151 cm³/mol. The van der Waals surface area contributed by atoms with Gasteiger partial charge in [0.2, 0.25) is 0 Å². The maximum Gasteiger partial charge on any atom is 0.412 e. The quantitative estimate of drug-likeness (QED) is 0.326. The zero-order valence-electron chi connectivity index (χ0n) is 23.3. The average molecular weight is 552 g/mol. The Hall–Kier alpha value is -3.01. The summed E-state index contributed by atoms with van der Waals surface area (Å²) in [7, 11) is 1.61. The fourth-order valence-corrected chi connectivity index (χ4v) is 3.48. The lowest BCUT2D eigenvalue weighted by Gasteiger charge is -2.27. The van der Waals surface area contributed by atoms with E-state index < -0.39 is 35.5 Å². The summed E-state index contributed by atoms with van der Waals surface area (Å²) in [5.41, 5.74) is 1.06. The summed E-state index contributed by atoms with van der Waals surface area (Å²) in [4.78, 5) is 24.7. The van der Waals surface area contributed by atoms with E-state index in [0.29, 0.717) is 18.7 Å². The fraction of sp³-hybridized carbons (Fsp3) is 0.500. The van der Waals surface area contributed by atoms with E-state index in [1.165, 1.54) is 0 Å². The first-order valence-corrected chi connectivity index (χ1v) is 12.3. The van der Waals surface area contributed by atoms with E-state index in [4.69, 9.17) is 14.2 Å². The van der Waals surface area contributed by atoms with Crippen LogP contribution in [0.25, 0.3) is 0 Å².